The Balaban J connectivity index is 0.000000146. The van der Waals surface area contributed by atoms with Crippen LogP contribution in [-0.4, -0.2) is 33.6 Å². The van der Waals surface area contributed by atoms with Gasteiger partial charge in [0.1, 0.15) is 6.04 Å². The van der Waals surface area contributed by atoms with Crippen LogP contribution in [0.2, 0.25) is 0 Å². The summed E-state index contributed by atoms with van der Waals surface area (Å²) in [5, 5.41) is 11.2. The highest BCUT2D eigenvalue weighted by molar-refractivity contribution is 5.73. The van der Waals surface area contributed by atoms with E-state index in [0.29, 0.717) is 0 Å². The third-order valence-corrected chi connectivity index (χ3v) is 1.84. The molecular weight excluding hydrogens is 182 g/mol. The average Bonchev–Trinajstić information content (AvgIpc) is 2.74. The van der Waals surface area contributed by atoms with Gasteiger partial charge < -0.3 is 10.4 Å². The molecule has 0 aliphatic carbocycles. The van der Waals surface area contributed by atoms with Crippen LogP contribution in [0, 0.1) is 0 Å². The molecule has 0 bridgehead atoms. The van der Waals surface area contributed by atoms with Crippen molar-refractivity contribution in [3.05, 3.63) is 24.8 Å². The van der Waals surface area contributed by atoms with Gasteiger partial charge in [-0.15, -0.1) is 0 Å². The van der Waals surface area contributed by atoms with Gasteiger partial charge in [-0.2, -0.15) is 0 Å². The van der Waals surface area contributed by atoms with Crippen molar-refractivity contribution in [3.63, 3.8) is 0 Å². The number of hydrogen-bond donors (Lipinski definition) is 2. The minimum Gasteiger partial charge on any atom is -0.480 e. The first kappa shape index (κ1) is 10.6. The standard InChI is InChI=1S/C5H9NO2.C4H4N2/c7-5(8)4-2-1-3-6-4;1-2-6-4-3-5-1/h4,6H,1-3H2,(H,7,8);1-4H. The molecule has 1 unspecified atom stereocenters. The number of carboxylic acids is 1. The molecule has 0 amide bonds. The second-order valence-corrected chi connectivity index (χ2v) is 2.88. The summed E-state index contributed by atoms with van der Waals surface area (Å²) < 4.78 is 0. The first-order chi connectivity index (χ1) is 6.80. The Morgan fingerprint density at radius 3 is 2.07 bits per heavy atom. The number of rotatable bonds is 1. The van der Waals surface area contributed by atoms with E-state index in [2.05, 4.69) is 15.3 Å². The van der Waals surface area contributed by atoms with Gasteiger partial charge in [0.05, 0.1) is 0 Å². The molecule has 1 fully saturated rings. The predicted octanol–water partition coefficient (Wildman–Crippen LogP) is 0.300. The fourth-order valence-corrected chi connectivity index (χ4v) is 1.15. The lowest BCUT2D eigenvalue weighted by molar-refractivity contribution is -0.139. The average molecular weight is 195 g/mol. The SMILES string of the molecule is O=C(O)C1CCCN1.c1cnccn1. The molecule has 2 rings (SSSR count). The molecule has 1 atom stereocenters. The highest BCUT2D eigenvalue weighted by atomic mass is 16.4. The van der Waals surface area contributed by atoms with Crippen molar-refractivity contribution in [1.82, 2.24) is 15.3 Å². The predicted molar refractivity (Wildman–Crippen MR) is 50.7 cm³/mol. The van der Waals surface area contributed by atoms with Crippen LogP contribution in [0.5, 0.6) is 0 Å². The van der Waals surface area contributed by atoms with Crippen molar-refractivity contribution >= 4 is 5.97 Å². The summed E-state index contributed by atoms with van der Waals surface area (Å²) in [4.78, 5) is 17.6. The molecule has 0 aromatic carbocycles. The van der Waals surface area contributed by atoms with E-state index in [0.717, 1.165) is 19.4 Å². The summed E-state index contributed by atoms with van der Waals surface area (Å²) in [6.07, 6.45) is 8.34. The van der Waals surface area contributed by atoms with Gasteiger partial charge in [-0.3, -0.25) is 14.8 Å². The molecule has 0 saturated carbocycles. The fourth-order valence-electron chi connectivity index (χ4n) is 1.15. The number of aromatic nitrogens is 2. The van der Waals surface area contributed by atoms with E-state index in [-0.39, 0.29) is 6.04 Å². The van der Waals surface area contributed by atoms with Gasteiger partial charge in [-0.05, 0) is 19.4 Å². The monoisotopic (exact) mass is 195 g/mol. The van der Waals surface area contributed by atoms with Crippen molar-refractivity contribution < 1.29 is 9.90 Å². The molecule has 1 aromatic heterocycles. The van der Waals surface area contributed by atoms with Gasteiger partial charge in [0, 0.05) is 24.8 Å². The Kier molecular flexibility index (Phi) is 4.57. The Morgan fingerprint density at radius 1 is 1.29 bits per heavy atom. The number of carboxylic acid groups (broad SMARTS) is 1. The fraction of sp³-hybridized carbons (Fsp3) is 0.444. The van der Waals surface area contributed by atoms with Gasteiger partial charge >= 0.3 is 5.97 Å². The van der Waals surface area contributed by atoms with E-state index in [4.69, 9.17) is 5.11 Å². The molecule has 1 aliphatic heterocycles. The van der Waals surface area contributed by atoms with Crippen LogP contribution in [-0.2, 0) is 4.79 Å². The van der Waals surface area contributed by atoms with Crippen molar-refractivity contribution in [2.75, 3.05) is 6.54 Å². The summed E-state index contributed by atoms with van der Waals surface area (Å²) in [5.41, 5.74) is 0. The van der Waals surface area contributed by atoms with Crippen LogP contribution in [0.25, 0.3) is 0 Å². The molecule has 1 aromatic rings. The molecule has 0 spiro atoms. The van der Waals surface area contributed by atoms with Gasteiger partial charge in [-0.25, -0.2) is 0 Å². The Bertz CT molecular complexity index is 233. The lowest BCUT2D eigenvalue weighted by atomic mass is 10.2. The molecule has 1 aliphatic rings. The molecule has 14 heavy (non-hydrogen) atoms. The maximum absolute atomic E-state index is 10.1. The first-order valence-corrected chi connectivity index (χ1v) is 4.47. The summed E-state index contributed by atoms with van der Waals surface area (Å²) in [6.45, 7) is 0.858. The van der Waals surface area contributed by atoms with Gasteiger partial charge in [0.15, 0.2) is 0 Å². The second kappa shape index (κ2) is 6.04. The minimum atomic E-state index is -0.720. The number of carbonyl (C=O) groups is 1. The lowest BCUT2D eigenvalue weighted by Crippen LogP contribution is -2.29. The number of aliphatic carboxylic acids is 1. The van der Waals surface area contributed by atoms with E-state index in [1.165, 1.54) is 0 Å². The van der Waals surface area contributed by atoms with Crippen molar-refractivity contribution in [2.45, 2.75) is 18.9 Å². The van der Waals surface area contributed by atoms with Gasteiger partial charge in [-0.1, -0.05) is 0 Å². The molecule has 0 radical (unpaired) electrons. The van der Waals surface area contributed by atoms with E-state index in [1.54, 1.807) is 24.8 Å². The maximum Gasteiger partial charge on any atom is 0.320 e. The Hall–Kier alpha value is -1.49. The topological polar surface area (TPSA) is 75.1 Å². The first-order valence-electron chi connectivity index (χ1n) is 4.47. The number of nitrogens with zero attached hydrogens (tertiary/aromatic N) is 2. The van der Waals surface area contributed by atoms with E-state index in [9.17, 15) is 4.79 Å². The second-order valence-electron chi connectivity index (χ2n) is 2.88. The molecule has 5 nitrogen and oxygen atoms in total. The quantitative estimate of drug-likeness (QED) is 0.674. The summed E-state index contributed by atoms with van der Waals surface area (Å²) in [6, 6.07) is -0.269. The maximum atomic E-state index is 10.1. The highest BCUT2D eigenvalue weighted by Crippen LogP contribution is 2.03. The van der Waals surface area contributed by atoms with Gasteiger partial charge in [0.25, 0.3) is 0 Å². The van der Waals surface area contributed by atoms with Crippen LogP contribution in [0.3, 0.4) is 0 Å². The summed E-state index contributed by atoms with van der Waals surface area (Å²) >= 11 is 0. The van der Waals surface area contributed by atoms with E-state index in [1.807, 2.05) is 0 Å². The van der Waals surface area contributed by atoms with Crippen molar-refractivity contribution in [2.24, 2.45) is 0 Å². The number of hydrogen-bond acceptors (Lipinski definition) is 4. The largest absolute Gasteiger partial charge is 0.480 e. The molecule has 2 N–H and O–H groups in total. The Labute approximate surface area is 82.2 Å². The van der Waals surface area contributed by atoms with Crippen LogP contribution < -0.4 is 5.32 Å². The van der Waals surface area contributed by atoms with Crippen molar-refractivity contribution in [3.8, 4) is 0 Å². The third-order valence-electron chi connectivity index (χ3n) is 1.84. The summed E-state index contributed by atoms with van der Waals surface area (Å²) in [5.74, 6) is -0.720. The van der Waals surface area contributed by atoms with Crippen LogP contribution in [0.15, 0.2) is 24.8 Å². The third kappa shape index (κ3) is 3.95. The molecule has 1 saturated heterocycles. The smallest absolute Gasteiger partial charge is 0.320 e. The van der Waals surface area contributed by atoms with Crippen molar-refractivity contribution in [1.29, 1.82) is 0 Å². The molecule has 5 heteroatoms. The number of nitrogens with one attached hydrogen (secondary N) is 1. The molecule has 76 valence electrons. The van der Waals surface area contributed by atoms with E-state index < -0.39 is 5.97 Å². The molecule has 2 heterocycles. The van der Waals surface area contributed by atoms with Crippen LogP contribution in [0.4, 0.5) is 0 Å². The normalized spacial score (nSPS) is 19.6. The zero-order valence-corrected chi connectivity index (χ0v) is 7.76. The lowest BCUT2D eigenvalue weighted by Gasteiger charge is -1.99. The Morgan fingerprint density at radius 2 is 1.86 bits per heavy atom. The minimum absolute atomic E-state index is 0.269. The highest BCUT2D eigenvalue weighted by Gasteiger charge is 2.20. The zero-order valence-electron chi connectivity index (χ0n) is 7.76. The molecular formula is C9H13N3O2. The van der Waals surface area contributed by atoms with Gasteiger partial charge in [0.2, 0.25) is 0 Å². The summed E-state index contributed by atoms with van der Waals surface area (Å²) in [7, 11) is 0. The zero-order chi connectivity index (χ0) is 10.2. The van der Waals surface area contributed by atoms with E-state index >= 15 is 0 Å². The van der Waals surface area contributed by atoms with Crippen LogP contribution >= 0.6 is 0 Å². The van der Waals surface area contributed by atoms with Crippen LogP contribution in [0.1, 0.15) is 12.8 Å².